The Morgan fingerprint density at radius 1 is 1.07 bits per heavy atom. The number of aryl methyl sites for hydroxylation is 3. The Morgan fingerprint density at radius 3 is 2.33 bits per heavy atom. The molecule has 1 heterocycles. The molecule has 30 heavy (non-hydrogen) atoms. The number of carbonyl (C=O) groups is 1. The van der Waals surface area contributed by atoms with Gasteiger partial charge >= 0.3 is 0 Å². The summed E-state index contributed by atoms with van der Waals surface area (Å²) in [4.78, 5) is 17.7. The minimum absolute atomic E-state index is 0.156. The van der Waals surface area contributed by atoms with Crippen molar-refractivity contribution in [2.24, 2.45) is 23.2 Å². The van der Waals surface area contributed by atoms with E-state index in [4.69, 9.17) is 4.98 Å². The molecule has 4 fully saturated rings. The first-order valence-electron chi connectivity index (χ1n) is 11.6. The molecule has 1 N–H and O–H groups in total. The highest BCUT2D eigenvalue weighted by Gasteiger charge is 2.53. The smallest absolute Gasteiger partial charge is 0.230 e. The number of aromatic nitrogens is 1. The summed E-state index contributed by atoms with van der Waals surface area (Å²) in [7, 11) is 0. The van der Waals surface area contributed by atoms with E-state index in [9.17, 15) is 4.79 Å². The van der Waals surface area contributed by atoms with Crippen molar-refractivity contribution < 1.29 is 4.79 Å². The number of thioether (sulfide) groups is 1. The molecule has 0 aliphatic heterocycles. The van der Waals surface area contributed by atoms with Gasteiger partial charge in [0, 0.05) is 11.4 Å². The van der Waals surface area contributed by atoms with Crippen LogP contribution in [0.25, 0.3) is 10.9 Å². The number of benzene rings is 1. The normalized spacial score (nSPS) is 30.6. The summed E-state index contributed by atoms with van der Waals surface area (Å²) in [5.74, 6) is 3.35. The van der Waals surface area contributed by atoms with Gasteiger partial charge in [0.05, 0.1) is 16.3 Å². The van der Waals surface area contributed by atoms with Crippen molar-refractivity contribution in [3.63, 3.8) is 0 Å². The number of hydrogen-bond acceptors (Lipinski definition) is 3. The lowest BCUT2D eigenvalue weighted by atomic mass is 9.48. The lowest BCUT2D eigenvalue weighted by Gasteiger charge is -2.59. The number of amides is 1. The molecule has 1 atom stereocenters. The van der Waals surface area contributed by atoms with Gasteiger partial charge in [0.2, 0.25) is 5.91 Å². The molecule has 0 unspecified atom stereocenters. The van der Waals surface area contributed by atoms with Crippen LogP contribution in [0.3, 0.4) is 0 Å². The summed E-state index contributed by atoms with van der Waals surface area (Å²) in [5.41, 5.74) is 5.13. The van der Waals surface area contributed by atoms with Crippen LogP contribution in [-0.4, -0.2) is 22.7 Å². The third kappa shape index (κ3) is 3.66. The molecule has 2 aromatic rings. The van der Waals surface area contributed by atoms with Crippen LogP contribution in [0.5, 0.6) is 0 Å². The highest BCUT2D eigenvalue weighted by Crippen LogP contribution is 2.61. The van der Waals surface area contributed by atoms with Crippen molar-refractivity contribution in [1.82, 2.24) is 10.3 Å². The third-order valence-corrected chi connectivity index (χ3v) is 9.08. The van der Waals surface area contributed by atoms with Gasteiger partial charge in [-0.2, -0.15) is 0 Å². The molecular formula is C26H34N2OS. The van der Waals surface area contributed by atoms with Gasteiger partial charge in [0.25, 0.3) is 0 Å². The molecule has 0 radical (unpaired) electrons. The van der Waals surface area contributed by atoms with Crippen molar-refractivity contribution in [2.75, 3.05) is 5.75 Å². The first kappa shape index (κ1) is 20.4. The van der Waals surface area contributed by atoms with Crippen LogP contribution >= 0.6 is 11.8 Å². The van der Waals surface area contributed by atoms with E-state index >= 15 is 0 Å². The number of fused-ring (bicyclic) bond motifs is 1. The van der Waals surface area contributed by atoms with E-state index in [-0.39, 0.29) is 11.9 Å². The van der Waals surface area contributed by atoms with Crippen molar-refractivity contribution in [1.29, 1.82) is 0 Å². The van der Waals surface area contributed by atoms with Crippen LogP contribution < -0.4 is 5.32 Å². The van der Waals surface area contributed by atoms with Gasteiger partial charge < -0.3 is 5.32 Å². The molecule has 1 amide bonds. The fourth-order valence-corrected chi connectivity index (χ4v) is 7.95. The van der Waals surface area contributed by atoms with E-state index in [1.807, 2.05) is 0 Å². The Morgan fingerprint density at radius 2 is 1.70 bits per heavy atom. The quantitative estimate of drug-likeness (QED) is 0.603. The van der Waals surface area contributed by atoms with E-state index in [0.717, 1.165) is 28.3 Å². The highest BCUT2D eigenvalue weighted by atomic mass is 32.2. The van der Waals surface area contributed by atoms with Gasteiger partial charge in [-0.1, -0.05) is 23.4 Å². The van der Waals surface area contributed by atoms with Gasteiger partial charge in [0.15, 0.2) is 0 Å². The first-order chi connectivity index (χ1) is 14.3. The van der Waals surface area contributed by atoms with Crippen molar-refractivity contribution >= 4 is 28.6 Å². The van der Waals surface area contributed by atoms with Gasteiger partial charge in [-0.25, -0.2) is 4.98 Å². The molecule has 4 bridgehead atoms. The van der Waals surface area contributed by atoms with E-state index < -0.39 is 0 Å². The lowest BCUT2D eigenvalue weighted by Crippen LogP contribution is -2.56. The van der Waals surface area contributed by atoms with E-state index in [1.54, 1.807) is 11.8 Å². The Balaban J connectivity index is 1.24. The summed E-state index contributed by atoms with van der Waals surface area (Å²) in [6, 6.07) is 6.81. The van der Waals surface area contributed by atoms with Crippen LogP contribution in [0.15, 0.2) is 23.2 Å². The van der Waals surface area contributed by atoms with Gasteiger partial charge in [-0.15, -0.1) is 0 Å². The van der Waals surface area contributed by atoms with Crippen LogP contribution in [-0.2, 0) is 4.79 Å². The van der Waals surface area contributed by atoms with Gasteiger partial charge in [-0.05, 0) is 113 Å². The molecule has 1 aromatic carbocycles. The number of pyridine rings is 1. The fourth-order valence-electron chi connectivity index (χ4n) is 7.17. The van der Waals surface area contributed by atoms with Crippen LogP contribution in [0.2, 0.25) is 0 Å². The fraction of sp³-hybridized carbons (Fsp3) is 0.615. The lowest BCUT2D eigenvalue weighted by molar-refractivity contribution is -0.123. The number of rotatable bonds is 5. The minimum Gasteiger partial charge on any atom is -0.352 e. The monoisotopic (exact) mass is 422 g/mol. The summed E-state index contributed by atoms with van der Waals surface area (Å²) in [6.45, 7) is 8.65. The number of nitrogens with one attached hydrogen (secondary N) is 1. The molecule has 4 aliphatic rings. The molecular weight excluding hydrogens is 388 g/mol. The maximum atomic E-state index is 12.8. The Labute approximate surface area is 184 Å². The summed E-state index contributed by atoms with van der Waals surface area (Å²) < 4.78 is 0. The zero-order valence-electron chi connectivity index (χ0n) is 18.8. The van der Waals surface area contributed by atoms with Crippen LogP contribution in [0, 0.1) is 43.9 Å². The molecule has 3 nitrogen and oxygen atoms in total. The molecule has 4 aliphatic carbocycles. The largest absolute Gasteiger partial charge is 0.352 e. The van der Waals surface area contributed by atoms with E-state index in [0.29, 0.717) is 11.2 Å². The van der Waals surface area contributed by atoms with E-state index in [2.05, 4.69) is 51.2 Å². The molecule has 4 saturated carbocycles. The molecule has 6 rings (SSSR count). The molecule has 0 saturated heterocycles. The SMILES string of the molecule is Cc1cc(C)c2nc(SCC(=O)N[C@H](C)C34CC5CC(CC(C5)C3)C4)cc(C)c2c1. The van der Waals surface area contributed by atoms with Crippen LogP contribution in [0.4, 0.5) is 0 Å². The average molecular weight is 423 g/mol. The predicted molar refractivity (Wildman–Crippen MR) is 125 cm³/mol. The van der Waals surface area contributed by atoms with Gasteiger partial charge in [0.1, 0.15) is 0 Å². The number of hydrogen-bond donors (Lipinski definition) is 1. The second-order valence-corrected chi connectivity index (χ2v) is 11.6. The van der Waals surface area contributed by atoms with Gasteiger partial charge in [-0.3, -0.25) is 4.79 Å². The van der Waals surface area contributed by atoms with Crippen molar-refractivity contribution in [3.05, 3.63) is 34.9 Å². The zero-order chi connectivity index (χ0) is 21.0. The second-order valence-electron chi connectivity index (χ2n) is 10.6. The van der Waals surface area contributed by atoms with E-state index in [1.165, 1.54) is 60.6 Å². The van der Waals surface area contributed by atoms with Crippen molar-refractivity contribution in [2.45, 2.75) is 77.3 Å². The maximum absolute atomic E-state index is 12.8. The molecule has 1 aromatic heterocycles. The second kappa shape index (κ2) is 7.55. The zero-order valence-corrected chi connectivity index (χ0v) is 19.6. The first-order valence-corrected chi connectivity index (χ1v) is 12.6. The van der Waals surface area contributed by atoms with Crippen molar-refractivity contribution in [3.8, 4) is 0 Å². The average Bonchev–Trinajstić information content (AvgIpc) is 2.66. The Kier molecular flexibility index (Phi) is 5.12. The standard InChI is InChI=1S/C26H34N2OS/c1-15-5-17(3)25-22(6-15)16(2)7-24(28-25)30-14-23(29)27-18(4)26-11-19-8-20(12-26)10-21(9-19)13-26/h5-7,18-21H,8-14H2,1-4H3,(H,27,29)/t18-,19?,20?,21?,26?/m1/s1. The summed E-state index contributed by atoms with van der Waals surface area (Å²) in [5, 5.41) is 5.56. The number of nitrogens with zero attached hydrogens (tertiary/aromatic N) is 1. The third-order valence-electron chi connectivity index (χ3n) is 8.16. The number of carbonyl (C=O) groups excluding carboxylic acids is 1. The molecule has 0 spiro atoms. The Bertz CT molecular complexity index is 963. The topological polar surface area (TPSA) is 42.0 Å². The highest BCUT2D eigenvalue weighted by molar-refractivity contribution is 7.99. The molecule has 4 heteroatoms. The summed E-state index contributed by atoms with van der Waals surface area (Å²) in [6.07, 6.45) is 8.33. The summed E-state index contributed by atoms with van der Waals surface area (Å²) >= 11 is 1.57. The maximum Gasteiger partial charge on any atom is 0.230 e. The minimum atomic E-state index is 0.156. The molecule has 160 valence electrons. The predicted octanol–water partition coefficient (Wildman–Crippen LogP) is 5.97. The van der Waals surface area contributed by atoms with Crippen LogP contribution in [0.1, 0.15) is 62.1 Å². The Hall–Kier alpha value is -1.55.